The second kappa shape index (κ2) is 7.32. The molecule has 0 aromatic heterocycles. The summed E-state index contributed by atoms with van der Waals surface area (Å²) in [6, 6.07) is 10.9. The lowest BCUT2D eigenvalue weighted by atomic mass is 10.0. The molecule has 1 saturated heterocycles. The lowest BCUT2D eigenvalue weighted by Crippen LogP contribution is -2.38. The van der Waals surface area contributed by atoms with Gasteiger partial charge in [-0.25, -0.2) is 16.8 Å². The van der Waals surface area contributed by atoms with Crippen LogP contribution in [0.3, 0.4) is 0 Å². The standard InChI is InChI=1S/C21H26N2O4S2/c1-16-15-21(17(2)14-20(16)22-11-5-6-13-28(22,24)25)29(26,27)23-12-7-9-18-8-3-4-10-19(18)23/h3-4,8,10,14-15H,5-7,9,11-13H2,1-2H3. The van der Waals surface area contributed by atoms with Gasteiger partial charge < -0.3 is 0 Å². The molecule has 8 heteroatoms. The first kappa shape index (κ1) is 20.2. The van der Waals surface area contributed by atoms with Crippen molar-refractivity contribution < 1.29 is 16.8 Å². The topological polar surface area (TPSA) is 74.8 Å². The average Bonchev–Trinajstić information content (AvgIpc) is 2.69. The molecular weight excluding hydrogens is 408 g/mol. The van der Waals surface area contributed by atoms with Crippen molar-refractivity contribution in [1.29, 1.82) is 0 Å². The summed E-state index contributed by atoms with van der Waals surface area (Å²) in [5.74, 6) is 0.135. The number of aryl methyl sites for hydroxylation is 3. The Balaban J connectivity index is 1.78. The van der Waals surface area contributed by atoms with E-state index < -0.39 is 20.0 Å². The lowest BCUT2D eigenvalue weighted by Gasteiger charge is -2.32. The van der Waals surface area contributed by atoms with Crippen molar-refractivity contribution in [3.05, 3.63) is 53.1 Å². The van der Waals surface area contributed by atoms with Crippen LogP contribution in [0.25, 0.3) is 0 Å². The van der Waals surface area contributed by atoms with Crippen molar-refractivity contribution >= 4 is 31.4 Å². The molecule has 156 valence electrons. The van der Waals surface area contributed by atoms with E-state index in [4.69, 9.17) is 0 Å². The van der Waals surface area contributed by atoms with Gasteiger partial charge >= 0.3 is 0 Å². The highest BCUT2D eigenvalue weighted by molar-refractivity contribution is 7.93. The number of anilines is 2. The van der Waals surface area contributed by atoms with Crippen LogP contribution in [0.15, 0.2) is 41.3 Å². The monoisotopic (exact) mass is 434 g/mol. The summed E-state index contributed by atoms with van der Waals surface area (Å²) < 4.78 is 55.0. The maximum absolute atomic E-state index is 13.5. The molecule has 0 amide bonds. The van der Waals surface area contributed by atoms with Crippen molar-refractivity contribution in [2.75, 3.05) is 27.5 Å². The molecule has 0 N–H and O–H groups in total. The van der Waals surface area contributed by atoms with Crippen molar-refractivity contribution in [2.24, 2.45) is 0 Å². The van der Waals surface area contributed by atoms with Crippen LogP contribution in [0.2, 0.25) is 0 Å². The molecule has 0 radical (unpaired) electrons. The van der Waals surface area contributed by atoms with Crippen LogP contribution < -0.4 is 8.61 Å². The lowest BCUT2D eigenvalue weighted by molar-refractivity contribution is 0.574. The first-order valence-corrected chi connectivity index (χ1v) is 13.0. The Labute approximate surface area is 173 Å². The molecule has 29 heavy (non-hydrogen) atoms. The molecule has 0 spiro atoms. The third kappa shape index (κ3) is 3.53. The summed E-state index contributed by atoms with van der Waals surface area (Å²) in [6.07, 6.45) is 3.12. The number of hydrogen-bond donors (Lipinski definition) is 0. The van der Waals surface area contributed by atoms with Gasteiger partial charge in [-0.3, -0.25) is 8.61 Å². The van der Waals surface area contributed by atoms with Crippen molar-refractivity contribution in [2.45, 2.75) is 44.4 Å². The zero-order chi connectivity index (χ0) is 20.8. The molecule has 4 rings (SSSR count). The summed E-state index contributed by atoms with van der Waals surface area (Å²) in [4.78, 5) is 0.241. The Morgan fingerprint density at radius 3 is 2.41 bits per heavy atom. The van der Waals surface area contributed by atoms with Gasteiger partial charge in [0.1, 0.15) is 0 Å². The van der Waals surface area contributed by atoms with E-state index in [0.29, 0.717) is 36.3 Å². The van der Waals surface area contributed by atoms with Crippen LogP contribution in [-0.2, 0) is 26.5 Å². The molecule has 2 aliphatic rings. The van der Waals surface area contributed by atoms with E-state index in [1.807, 2.05) is 24.3 Å². The maximum atomic E-state index is 13.5. The molecule has 2 aromatic rings. The molecule has 6 nitrogen and oxygen atoms in total. The predicted molar refractivity (Wildman–Crippen MR) is 116 cm³/mol. The van der Waals surface area contributed by atoms with E-state index in [0.717, 1.165) is 30.5 Å². The van der Waals surface area contributed by atoms with Crippen LogP contribution in [0.5, 0.6) is 0 Å². The summed E-state index contributed by atoms with van der Waals surface area (Å²) in [5.41, 5.74) is 3.57. The fourth-order valence-electron chi connectivity index (χ4n) is 4.25. The van der Waals surface area contributed by atoms with Gasteiger partial charge in [-0.1, -0.05) is 18.2 Å². The second-order valence-corrected chi connectivity index (χ2v) is 11.7. The van der Waals surface area contributed by atoms with Gasteiger partial charge in [-0.05, 0) is 74.4 Å². The number of rotatable bonds is 3. The predicted octanol–water partition coefficient (Wildman–Crippen LogP) is 3.37. The van der Waals surface area contributed by atoms with Gasteiger partial charge in [0.15, 0.2) is 0 Å². The molecule has 0 unspecified atom stereocenters. The van der Waals surface area contributed by atoms with Crippen LogP contribution in [0.1, 0.15) is 36.0 Å². The largest absolute Gasteiger partial charge is 0.270 e. The Bertz CT molecular complexity index is 1160. The molecule has 2 aromatic carbocycles. The summed E-state index contributed by atoms with van der Waals surface area (Å²) >= 11 is 0. The molecule has 2 heterocycles. The zero-order valence-corrected chi connectivity index (χ0v) is 18.4. The third-order valence-electron chi connectivity index (χ3n) is 5.75. The Morgan fingerprint density at radius 2 is 1.66 bits per heavy atom. The Morgan fingerprint density at radius 1 is 0.897 bits per heavy atom. The van der Waals surface area contributed by atoms with Crippen LogP contribution in [-0.4, -0.2) is 35.7 Å². The highest BCUT2D eigenvalue weighted by Crippen LogP contribution is 2.36. The highest BCUT2D eigenvalue weighted by Gasteiger charge is 2.32. The van der Waals surface area contributed by atoms with E-state index in [2.05, 4.69) is 0 Å². The quantitative estimate of drug-likeness (QED) is 0.742. The highest BCUT2D eigenvalue weighted by atomic mass is 32.2. The van der Waals surface area contributed by atoms with Crippen molar-refractivity contribution in [3.63, 3.8) is 0 Å². The number of fused-ring (bicyclic) bond motifs is 1. The first-order valence-electron chi connectivity index (χ1n) is 9.94. The molecule has 0 aliphatic carbocycles. The number of nitrogens with zero attached hydrogens (tertiary/aromatic N) is 2. The second-order valence-electron chi connectivity index (χ2n) is 7.81. The molecule has 0 bridgehead atoms. The van der Waals surface area contributed by atoms with Crippen molar-refractivity contribution in [1.82, 2.24) is 0 Å². The van der Waals surface area contributed by atoms with E-state index >= 15 is 0 Å². The van der Waals surface area contributed by atoms with E-state index in [9.17, 15) is 16.8 Å². The minimum absolute atomic E-state index is 0.135. The number of sulfonamides is 2. The maximum Gasteiger partial charge on any atom is 0.264 e. The molecule has 2 aliphatic heterocycles. The summed E-state index contributed by atoms with van der Waals surface area (Å²) in [5, 5.41) is 0. The number of hydrogen-bond acceptors (Lipinski definition) is 4. The smallest absolute Gasteiger partial charge is 0.264 e. The van der Waals surface area contributed by atoms with E-state index in [1.54, 1.807) is 26.0 Å². The van der Waals surface area contributed by atoms with Gasteiger partial charge in [-0.15, -0.1) is 0 Å². The van der Waals surface area contributed by atoms with Gasteiger partial charge in [0.05, 0.1) is 22.0 Å². The van der Waals surface area contributed by atoms with Gasteiger partial charge in [0.25, 0.3) is 10.0 Å². The van der Waals surface area contributed by atoms with Crippen LogP contribution in [0, 0.1) is 13.8 Å². The number of benzene rings is 2. The fraction of sp³-hybridized carbons (Fsp3) is 0.429. The van der Waals surface area contributed by atoms with Crippen LogP contribution >= 0.6 is 0 Å². The van der Waals surface area contributed by atoms with Crippen LogP contribution in [0.4, 0.5) is 11.4 Å². The Hall–Kier alpha value is -2.06. The molecule has 1 fully saturated rings. The molecule has 0 saturated carbocycles. The SMILES string of the molecule is Cc1cc(S(=O)(=O)N2CCCc3ccccc32)c(C)cc1N1CCCCS1(=O)=O. The Kier molecular flexibility index (Phi) is 5.11. The average molecular weight is 435 g/mol. The molecule has 0 atom stereocenters. The summed E-state index contributed by atoms with van der Waals surface area (Å²) in [6.45, 7) is 4.40. The van der Waals surface area contributed by atoms with E-state index in [1.165, 1.54) is 8.61 Å². The third-order valence-corrected chi connectivity index (χ3v) is 9.56. The minimum Gasteiger partial charge on any atom is -0.270 e. The van der Waals surface area contributed by atoms with Gasteiger partial charge in [-0.2, -0.15) is 0 Å². The fourth-order valence-corrected chi connectivity index (χ4v) is 7.78. The van der Waals surface area contributed by atoms with Gasteiger partial charge in [0.2, 0.25) is 10.0 Å². The minimum atomic E-state index is -3.74. The normalized spacial score (nSPS) is 19.1. The molecular formula is C21H26N2O4S2. The van der Waals surface area contributed by atoms with Gasteiger partial charge in [0, 0.05) is 13.1 Å². The van der Waals surface area contributed by atoms with Crippen molar-refractivity contribution in [3.8, 4) is 0 Å². The van der Waals surface area contributed by atoms with E-state index in [-0.39, 0.29) is 10.6 Å². The summed E-state index contributed by atoms with van der Waals surface area (Å²) in [7, 11) is -7.09. The zero-order valence-electron chi connectivity index (χ0n) is 16.8. The first-order chi connectivity index (χ1) is 13.7. The number of para-hydroxylation sites is 1.